The number of fused-ring (bicyclic) bond motifs is 1. The summed E-state index contributed by atoms with van der Waals surface area (Å²) in [4.78, 5) is 31.1. The molecule has 0 radical (unpaired) electrons. The largest absolute Gasteiger partial charge is 0.378 e. The lowest BCUT2D eigenvalue weighted by Crippen LogP contribution is -2.42. The van der Waals surface area contributed by atoms with E-state index >= 15 is 0 Å². The summed E-state index contributed by atoms with van der Waals surface area (Å²) in [5, 5.41) is 6.77. The second kappa shape index (κ2) is 9.26. The molecule has 166 valence electrons. The zero-order chi connectivity index (χ0) is 21.9. The van der Waals surface area contributed by atoms with Crippen LogP contribution in [0.1, 0.15) is 32.2 Å². The zero-order valence-electron chi connectivity index (χ0n) is 17.9. The van der Waals surface area contributed by atoms with Crippen LogP contribution in [0.25, 0.3) is 0 Å². The normalized spacial score (nSPS) is 16.1. The molecule has 5 rings (SSSR count). The van der Waals surface area contributed by atoms with Crippen LogP contribution in [0.4, 0.5) is 0 Å². The van der Waals surface area contributed by atoms with Crippen LogP contribution in [-0.2, 0) is 35.5 Å². The fourth-order valence-electron chi connectivity index (χ4n) is 4.35. The fourth-order valence-corrected chi connectivity index (χ4v) is 5.05. The van der Waals surface area contributed by atoms with Crippen molar-refractivity contribution in [1.29, 1.82) is 0 Å². The van der Waals surface area contributed by atoms with Crippen molar-refractivity contribution in [3.63, 3.8) is 0 Å². The Kier molecular flexibility index (Phi) is 6.05. The number of thiophene rings is 1. The van der Waals surface area contributed by atoms with E-state index in [1.165, 1.54) is 0 Å². The van der Waals surface area contributed by atoms with Gasteiger partial charge in [-0.05, 0) is 17.0 Å². The summed E-state index contributed by atoms with van der Waals surface area (Å²) in [6.07, 6.45) is 1.10. The molecule has 1 saturated heterocycles. The molecule has 0 saturated carbocycles. The van der Waals surface area contributed by atoms with Crippen molar-refractivity contribution in [3.05, 3.63) is 75.2 Å². The van der Waals surface area contributed by atoms with Gasteiger partial charge in [0.25, 0.3) is 5.91 Å². The third-order valence-corrected chi connectivity index (χ3v) is 6.94. The van der Waals surface area contributed by atoms with Gasteiger partial charge in [0.05, 0.1) is 26.2 Å². The molecule has 2 aromatic heterocycles. The predicted octanol–water partition coefficient (Wildman–Crippen LogP) is 2.59. The van der Waals surface area contributed by atoms with Crippen LogP contribution in [-0.4, -0.2) is 64.2 Å². The Morgan fingerprint density at radius 3 is 2.56 bits per heavy atom. The van der Waals surface area contributed by atoms with Gasteiger partial charge in [-0.25, -0.2) is 0 Å². The minimum atomic E-state index is -0.0658. The highest BCUT2D eigenvalue weighted by Gasteiger charge is 2.32. The molecule has 0 aliphatic carbocycles. The number of benzene rings is 1. The third kappa shape index (κ3) is 4.33. The molecule has 7 nitrogen and oxygen atoms in total. The van der Waals surface area contributed by atoms with E-state index in [1.807, 2.05) is 50.2 Å². The van der Waals surface area contributed by atoms with Gasteiger partial charge in [-0.3, -0.25) is 14.3 Å². The van der Waals surface area contributed by atoms with Gasteiger partial charge in [-0.2, -0.15) is 5.10 Å². The summed E-state index contributed by atoms with van der Waals surface area (Å²) >= 11 is 1.60. The average molecular weight is 451 g/mol. The smallest absolute Gasteiger partial charge is 0.274 e. The van der Waals surface area contributed by atoms with Crippen LogP contribution in [0.2, 0.25) is 0 Å². The highest BCUT2D eigenvalue weighted by Crippen LogP contribution is 2.26. The standard InChI is InChI=1S/C24H26N4O3S/c29-22(15-19-7-4-14-32-19)27-9-8-21-20(17-27)23(24(30)26-10-12-31-13-11-26)25-28(21)16-18-5-2-1-3-6-18/h1-7,14H,8-13,15-17H2. The molecule has 0 N–H and O–H groups in total. The Morgan fingerprint density at radius 2 is 1.81 bits per heavy atom. The number of hydrogen-bond acceptors (Lipinski definition) is 5. The van der Waals surface area contributed by atoms with Gasteiger partial charge >= 0.3 is 0 Å². The van der Waals surface area contributed by atoms with Gasteiger partial charge in [0.2, 0.25) is 5.91 Å². The molecular formula is C24H26N4O3S. The van der Waals surface area contributed by atoms with Crippen molar-refractivity contribution in [3.8, 4) is 0 Å². The van der Waals surface area contributed by atoms with Crippen molar-refractivity contribution >= 4 is 23.2 Å². The Hall–Kier alpha value is -2.97. The van der Waals surface area contributed by atoms with E-state index in [9.17, 15) is 9.59 Å². The Labute approximate surface area is 191 Å². The molecule has 2 amide bonds. The summed E-state index contributed by atoms with van der Waals surface area (Å²) in [6, 6.07) is 14.1. The van der Waals surface area contributed by atoms with Gasteiger partial charge in [0.1, 0.15) is 0 Å². The summed E-state index contributed by atoms with van der Waals surface area (Å²) in [5.41, 5.74) is 3.57. The SMILES string of the molecule is O=C(Cc1cccs1)N1CCc2c(c(C(=O)N3CCOCC3)nn2Cc2ccccc2)C1. The van der Waals surface area contributed by atoms with Gasteiger partial charge < -0.3 is 14.5 Å². The summed E-state index contributed by atoms with van der Waals surface area (Å²) < 4.78 is 7.37. The van der Waals surface area contributed by atoms with E-state index in [-0.39, 0.29) is 11.8 Å². The Morgan fingerprint density at radius 1 is 1.00 bits per heavy atom. The maximum Gasteiger partial charge on any atom is 0.274 e. The maximum absolute atomic E-state index is 13.4. The van der Waals surface area contributed by atoms with Crippen LogP contribution >= 0.6 is 11.3 Å². The maximum atomic E-state index is 13.4. The molecule has 32 heavy (non-hydrogen) atoms. The van der Waals surface area contributed by atoms with Gasteiger partial charge in [-0.1, -0.05) is 36.4 Å². The monoisotopic (exact) mass is 450 g/mol. The third-order valence-electron chi connectivity index (χ3n) is 6.07. The van der Waals surface area contributed by atoms with Crippen LogP contribution in [0.5, 0.6) is 0 Å². The average Bonchev–Trinajstić information content (AvgIpc) is 3.47. The summed E-state index contributed by atoms with van der Waals surface area (Å²) in [5.74, 6) is 0.0302. The molecule has 4 heterocycles. The van der Waals surface area contributed by atoms with Crippen LogP contribution in [0.15, 0.2) is 47.8 Å². The number of aromatic nitrogens is 2. The quantitative estimate of drug-likeness (QED) is 0.599. The van der Waals surface area contributed by atoms with E-state index in [2.05, 4.69) is 12.1 Å². The summed E-state index contributed by atoms with van der Waals surface area (Å²) in [7, 11) is 0. The number of nitrogens with zero attached hydrogens (tertiary/aromatic N) is 4. The number of ether oxygens (including phenoxy) is 1. The van der Waals surface area contributed by atoms with Crippen molar-refractivity contribution in [2.45, 2.75) is 25.9 Å². The van der Waals surface area contributed by atoms with Crippen molar-refractivity contribution in [2.24, 2.45) is 0 Å². The molecule has 0 atom stereocenters. The van der Waals surface area contributed by atoms with Crippen molar-refractivity contribution < 1.29 is 14.3 Å². The second-order valence-corrected chi connectivity index (χ2v) is 9.18. The molecule has 8 heteroatoms. The highest BCUT2D eigenvalue weighted by molar-refractivity contribution is 7.10. The molecule has 2 aliphatic heterocycles. The topological polar surface area (TPSA) is 67.7 Å². The van der Waals surface area contributed by atoms with Crippen molar-refractivity contribution in [1.82, 2.24) is 19.6 Å². The number of morpholine rings is 1. The van der Waals surface area contributed by atoms with Crippen LogP contribution in [0.3, 0.4) is 0 Å². The van der Waals surface area contributed by atoms with Gasteiger partial charge in [0, 0.05) is 48.7 Å². The predicted molar refractivity (Wildman–Crippen MR) is 122 cm³/mol. The Bertz CT molecular complexity index is 1090. The minimum Gasteiger partial charge on any atom is -0.378 e. The lowest BCUT2D eigenvalue weighted by atomic mass is 10.0. The number of rotatable bonds is 5. The van der Waals surface area contributed by atoms with Gasteiger partial charge in [0.15, 0.2) is 5.69 Å². The minimum absolute atomic E-state index is 0.0658. The van der Waals surface area contributed by atoms with E-state index in [0.29, 0.717) is 64.5 Å². The molecular weight excluding hydrogens is 424 g/mol. The van der Waals surface area contributed by atoms with Crippen LogP contribution in [0, 0.1) is 0 Å². The van der Waals surface area contributed by atoms with E-state index < -0.39 is 0 Å². The highest BCUT2D eigenvalue weighted by atomic mass is 32.1. The van der Waals surface area contributed by atoms with Crippen molar-refractivity contribution in [2.75, 3.05) is 32.8 Å². The first-order valence-electron chi connectivity index (χ1n) is 11.0. The van der Waals surface area contributed by atoms with E-state index in [0.717, 1.165) is 21.7 Å². The van der Waals surface area contributed by atoms with Crippen LogP contribution < -0.4 is 0 Å². The zero-order valence-corrected chi connectivity index (χ0v) is 18.7. The second-order valence-electron chi connectivity index (χ2n) is 8.14. The molecule has 3 aromatic rings. The molecule has 2 aliphatic rings. The Balaban J connectivity index is 1.43. The fraction of sp³-hybridized carbons (Fsp3) is 0.375. The lowest BCUT2D eigenvalue weighted by molar-refractivity contribution is -0.131. The summed E-state index contributed by atoms with van der Waals surface area (Å²) in [6.45, 7) is 3.92. The first-order chi connectivity index (χ1) is 15.7. The molecule has 1 fully saturated rings. The number of amides is 2. The molecule has 0 bridgehead atoms. The number of carbonyl (C=O) groups is 2. The van der Waals surface area contributed by atoms with E-state index in [4.69, 9.17) is 9.84 Å². The molecule has 0 spiro atoms. The number of hydrogen-bond donors (Lipinski definition) is 0. The van der Waals surface area contributed by atoms with E-state index in [1.54, 1.807) is 11.3 Å². The molecule has 0 unspecified atom stereocenters. The van der Waals surface area contributed by atoms with Gasteiger partial charge in [-0.15, -0.1) is 11.3 Å². The first kappa shape index (κ1) is 20.9. The first-order valence-corrected chi connectivity index (χ1v) is 11.9. The number of carbonyl (C=O) groups excluding carboxylic acids is 2. The lowest BCUT2D eigenvalue weighted by Gasteiger charge is -2.29. The molecule has 1 aromatic carbocycles.